The van der Waals surface area contributed by atoms with E-state index in [1.807, 2.05) is 0 Å². The molecule has 0 atom stereocenters. The fourth-order valence-corrected chi connectivity index (χ4v) is 5.05. The second-order valence-corrected chi connectivity index (χ2v) is 12.9. The van der Waals surface area contributed by atoms with Gasteiger partial charge in [0, 0.05) is 36.0 Å². The van der Waals surface area contributed by atoms with Gasteiger partial charge in [0.2, 0.25) is 0 Å². The molecular formula is C30H30F5N5O6S. The first-order chi connectivity index (χ1) is 21.8. The molecule has 252 valence electrons. The minimum Gasteiger partial charge on any atom is -0.495 e. The molecule has 2 amide bonds. The Hall–Kier alpha value is -4.93. The van der Waals surface area contributed by atoms with Crippen LogP contribution in [0.2, 0.25) is 0 Å². The number of ether oxygens (including phenoxy) is 2. The number of sulfonamides is 1. The van der Waals surface area contributed by atoms with Gasteiger partial charge in [-0.3, -0.25) is 4.72 Å². The van der Waals surface area contributed by atoms with Crippen LogP contribution < -0.4 is 19.1 Å². The van der Waals surface area contributed by atoms with Gasteiger partial charge in [0.1, 0.15) is 28.5 Å². The topological polar surface area (TPSA) is 127 Å². The molecule has 47 heavy (non-hydrogen) atoms. The van der Waals surface area contributed by atoms with Crippen molar-refractivity contribution in [3.05, 3.63) is 72.1 Å². The van der Waals surface area contributed by atoms with Gasteiger partial charge in [-0.15, -0.1) is 0 Å². The lowest BCUT2D eigenvalue weighted by Crippen LogP contribution is -2.48. The molecule has 11 nitrogen and oxygen atoms in total. The Kier molecular flexibility index (Phi) is 9.70. The molecule has 1 N–H and O–H groups in total. The summed E-state index contributed by atoms with van der Waals surface area (Å²) in [4.78, 5) is 20.2. The molecule has 0 fully saturated rings. The van der Waals surface area contributed by atoms with Crippen molar-refractivity contribution in [2.75, 3.05) is 30.4 Å². The summed E-state index contributed by atoms with van der Waals surface area (Å²) in [7, 11) is -1.45. The molecular weight excluding hydrogens is 653 g/mol. The molecule has 2 aromatic carbocycles. The number of methoxy groups -OCH3 is 1. The number of pyridine rings is 1. The molecule has 0 bridgehead atoms. The normalized spacial score (nSPS) is 12.1. The molecule has 0 saturated heterocycles. The van der Waals surface area contributed by atoms with Crippen molar-refractivity contribution in [2.45, 2.75) is 44.3 Å². The summed E-state index contributed by atoms with van der Waals surface area (Å²) in [5.41, 5.74) is -0.709. The van der Waals surface area contributed by atoms with Gasteiger partial charge in [-0.25, -0.2) is 31.9 Å². The van der Waals surface area contributed by atoms with Crippen LogP contribution in [0.15, 0.2) is 64.3 Å². The molecule has 0 saturated carbocycles. The van der Waals surface area contributed by atoms with Gasteiger partial charge in [0.15, 0.2) is 24.0 Å². The third-order valence-corrected chi connectivity index (χ3v) is 8.19. The van der Waals surface area contributed by atoms with E-state index in [-0.39, 0.29) is 39.1 Å². The molecule has 0 radical (unpaired) electrons. The largest absolute Gasteiger partial charge is 0.495 e. The first kappa shape index (κ1) is 34.9. The van der Waals surface area contributed by atoms with Crippen LogP contribution in [0.25, 0.3) is 11.1 Å². The molecule has 4 aromatic rings. The summed E-state index contributed by atoms with van der Waals surface area (Å²) in [6.45, 7) is 5.06. The van der Waals surface area contributed by atoms with E-state index < -0.39 is 51.8 Å². The highest BCUT2D eigenvalue weighted by Gasteiger charge is 2.33. The van der Waals surface area contributed by atoms with Crippen LogP contribution in [-0.4, -0.2) is 62.0 Å². The summed E-state index contributed by atoms with van der Waals surface area (Å²) < 4.78 is 111. The Balaban J connectivity index is 1.80. The second-order valence-electron chi connectivity index (χ2n) is 11.2. The number of rotatable bonds is 9. The fourth-order valence-electron chi connectivity index (χ4n) is 4.04. The van der Waals surface area contributed by atoms with Crippen molar-refractivity contribution in [2.24, 2.45) is 0 Å². The number of alkyl halides is 3. The van der Waals surface area contributed by atoms with Gasteiger partial charge >= 0.3 is 12.2 Å². The lowest BCUT2D eigenvalue weighted by molar-refractivity contribution is -0.153. The molecule has 0 aliphatic carbocycles. The van der Waals surface area contributed by atoms with Gasteiger partial charge in [-0.05, 0) is 63.6 Å². The maximum absolute atomic E-state index is 15.8. The van der Waals surface area contributed by atoms with E-state index in [9.17, 15) is 30.8 Å². The van der Waals surface area contributed by atoms with Crippen molar-refractivity contribution in [3.63, 3.8) is 0 Å². The van der Waals surface area contributed by atoms with Gasteiger partial charge in [-0.1, -0.05) is 11.2 Å². The number of carbonyl (C=O) groups excluding carboxylic acids is 1. The van der Waals surface area contributed by atoms with Crippen LogP contribution in [0.4, 0.5) is 44.1 Å². The van der Waals surface area contributed by atoms with E-state index in [1.54, 1.807) is 27.7 Å². The Morgan fingerprint density at radius 3 is 2.28 bits per heavy atom. The number of benzene rings is 2. The number of aryl methyl sites for hydroxylation is 1. The van der Waals surface area contributed by atoms with Crippen molar-refractivity contribution < 1.29 is 49.2 Å². The summed E-state index contributed by atoms with van der Waals surface area (Å²) in [5.74, 6) is -3.03. The van der Waals surface area contributed by atoms with Crippen LogP contribution in [-0.2, 0) is 10.0 Å². The smallest absolute Gasteiger partial charge is 0.422 e. The van der Waals surface area contributed by atoms with E-state index in [1.165, 1.54) is 43.5 Å². The van der Waals surface area contributed by atoms with Crippen LogP contribution in [0.5, 0.6) is 11.5 Å². The zero-order chi connectivity index (χ0) is 34.9. The first-order valence-electron chi connectivity index (χ1n) is 13.7. The van der Waals surface area contributed by atoms with E-state index >= 15 is 4.39 Å². The summed E-state index contributed by atoms with van der Waals surface area (Å²) in [6.07, 6.45) is -2.50. The second kappa shape index (κ2) is 13.1. The van der Waals surface area contributed by atoms with Gasteiger partial charge < -0.3 is 18.9 Å². The number of anilines is 3. The number of halogens is 5. The predicted molar refractivity (Wildman–Crippen MR) is 161 cm³/mol. The fraction of sp³-hybridized carbons (Fsp3) is 0.300. The van der Waals surface area contributed by atoms with E-state index in [0.717, 1.165) is 35.4 Å². The van der Waals surface area contributed by atoms with Gasteiger partial charge in [0.05, 0.1) is 12.8 Å². The minimum atomic E-state index is -4.74. The average Bonchev–Trinajstić information content (AvgIpc) is 3.39. The summed E-state index contributed by atoms with van der Waals surface area (Å²) in [5, 5.41) is 3.60. The SMILES string of the molecule is COc1cc(-c2ccc(F)c(OCC(F)(F)F)c2)c(F)cc1N(C(=O)N(C)C(C)(C)C)c1ccc(S(=O)(=O)Nc2nocc2C)cn1. The predicted octanol–water partition coefficient (Wildman–Crippen LogP) is 7.06. The van der Waals surface area contributed by atoms with Crippen molar-refractivity contribution >= 4 is 33.4 Å². The van der Waals surface area contributed by atoms with Crippen molar-refractivity contribution in [3.8, 4) is 22.6 Å². The number of carbonyl (C=O) groups is 1. The van der Waals surface area contributed by atoms with Crippen LogP contribution in [0, 0.1) is 18.6 Å². The van der Waals surface area contributed by atoms with E-state index in [2.05, 4.69) is 19.6 Å². The molecule has 0 unspecified atom stereocenters. The lowest BCUT2D eigenvalue weighted by atomic mass is 10.0. The summed E-state index contributed by atoms with van der Waals surface area (Å²) >= 11 is 0. The maximum atomic E-state index is 15.8. The molecule has 2 aromatic heterocycles. The number of urea groups is 1. The Labute approximate surface area is 266 Å². The Morgan fingerprint density at radius 2 is 1.72 bits per heavy atom. The average molecular weight is 684 g/mol. The first-order valence-corrected chi connectivity index (χ1v) is 15.2. The van der Waals surface area contributed by atoms with Crippen LogP contribution in [0.1, 0.15) is 26.3 Å². The molecule has 0 spiro atoms. The number of hydrogen-bond donors (Lipinski definition) is 1. The van der Waals surface area contributed by atoms with E-state index in [4.69, 9.17) is 9.26 Å². The third-order valence-electron chi connectivity index (χ3n) is 6.87. The highest BCUT2D eigenvalue weighted by Crippen LogP contribution is 2.40. The van der Waals surface area contributed by atoms with Gasteiger partial charge in [-0.2, -0.15) is 13.2 Å². The highest BCUT2D eigenvalue weighted by molar-refractivity contribution is 7.92. The number of nitrogens with one attached hydrogen (secondary N) is 1. The number of amides is 2. The van der Waals surface area contributed by atoms with E-state index in [0.29, 0.717) is 5.56 Å². The van der Waals surface area contributed by atoms with Gasteiger partial charge in [0.25, 0.3) is 10.0 Å². The molecule has 2 heterocycles. The number of aromatic nitrogens is 2. The molecule has 17 heteroatoms. The summed E-state index contributed by atoms with van der Waals surface area (Å²) in [6, 6.07) is 6.68. The van der Waals surface area contributed by atoms with Crippen molar-refractivity contribution in [1.29, 1.82) is 0 Å². The van der Waals surface area contributed by atoms with Crippen LogP contribution in [0.3, 0.4) is 0 Å². The standard InChI is InChI=1S/C30H30F5N5O6S/c1-17-15-46-37-27(17)38-47(42,43)19-8-10-26(36-14-19)40(28(41)39(5)29(2,3)4)23-13-22(32)20(12-25(23)44-6)18-7-9-21(31)24(11-18)45-16-30(33,34)35/h7-15H,16H2,1-6H3,(H,37,38). The maximum Gasteiger partial charge on any atom is 0.422 e. The molecule has 4 rings (SSSR count). The lowest BCUT2D eigenvalue weighted by Gasteiger charge is -2.36. The zero-order valence-corrected chi connectivity index (χ0v) is 26.8. The van der Waals surface area contributed by atoms with Crippen LogP contribution >= 0.6 is 0 Å². The minimum absolute atomic E-state index is 0.0295. The quantitative estimate of drug-likeness (QED) is 0.186. The molecule has 0 aliphatic rings. The zero-order valence-electron chi connectivity index (χ0n) is 25.9. The highest BCUT2D eigenvalue weighted by atomic mass is 32.2. The number of hydrogen-bond acceptors (Lipinski definition) is 8. The third kappa shape index (κ3) is 7.90. The monoisotopic (exact) mass is 683 g/mol. The number of nitrogens with zero attached hydrogens (tertiary/aromatic N) is 4. The Morgan fingerprint density at radius 1 is 1.02 bits per heavy atom. The molecule has 0 aliphatic heterocycles. The van der Waals surface area contributed by atoms with Crippen molar-refractivity contribution in [1.82, 2.24) is 15.0 Å². The Bertz CT molecular complexity index is 1880.